The molecule has 0 unspecified atom stereocenters. The Balaban J connectivity index is 2.04. The normalized spacial score (nSPS) is 9.65. The minimum atomic E-state index is -0.409. The fraction of sp³-hybridized carbons (Fsp3) is 0. The number of benzene rings is 1. The van der Waals surface area contributed by atoms with E-state index in [1.54, 1.807) is 30.3 Å². The third kappa shape index (κ3) is 3.47. The lowest BCUT2D eigenvalue weighted by atomic mass is 10.2. The Hall–Kier alpha value is -2.10. The predicted molar refractivity (Wildman–Crippen MR) is 79.2 cm³/mol. The van der Waals surface area contributed by atoms with Crippen molar-refractivity contribution in [2.24, 2.45) is 0 Å². The predicted octanol–water partition coefficient (Wildman–Crippen LogP) is 3.13. The van der Waals surface area contributed by atoms with Crippen molar-refractivity contribution < 1.29 is 4.79 Å². The number of nitriles is 1. The minimum absolute atomic E-state index is 0.118. The quantitative estimate of drug-likeness (QED) is 0.658. The molecule has 0 bridgehead atoms. The molecular formula is C13H8BrClN4O. The molecule has 0 fully saturated rings. The van der Waals surface area contributed by atoms with Crippen LogP contribution >= 0.6 is 27.5 Å². The van der Waals surface area contributed by atoms with Crippen LogP contribution in [0.1, 0.15) is 15.9 Å². The summed E-state index contributed by atoms with van der Waals surface area (Å²) in [5.41, 5.74) is 6.68. The highest BCUT2D eigenvalue weighted by molar-refractivity contribution is 9.10. The number of carbonyl (C=O) groups excluding carboxylic acids is 1. The van der Waals surface area contributed by atoms with Gasteiger partial charge in [-0.15, -0.1) is 0 Å². The molecule has 0 saturated heterocycles. The lowest BCUT2D eigenvalue weighted by Crippen LogP contribution is -2.29. The lowest BCUT2D eigenvalue weighted by Gasteiger charge is -2.09. The number of rotatable bonds is 3. The summed E-state index contributed by atoms with van der Waals surface area (Å²) >= 11 is 9.08. The van der Waals surface area contributed by atoms with Gasteiger partial charge in [0.25, 0.3) is 5.91 Å². The fourth-order valence-corrected chi connectivity index (χ4v) is 1.93. The summed E-state index contributed by atoms with van der Waals surface area (Å²) in [5, 5.41) is 8.80. The molecule has 1 aromatic carbocycles. The number of hydrazine groups is 1. The van der Waals surface area contributed by atoms with Crippen LogP contribution in [-0.4, -0.2) is 10.9 Å². The zero-order valence-corrected chi connectivity index (χ0v) is 12.4. The molecule has 1 aromatic heterocycles. The van der Waals surface area contributed by atoms with Crippen LogP contribution in [0.25, 0.3) is 0 Å². The molecule has 2 aromatic rings. The Kier molecular flexibility index (Phi) is 4.56. The van der Waals surface area contributed by atoms with E-state index in [2.05, 4.69) is 31.8 Å². The van der Waals surface area contributed by atoms with Crippen molar-refractivity contribution in [1.29, 1.82) is 5.26 Å². The van der Waals surface area contributed by atoms with Gasteiger partial charge in [0.05, 0.1) is 22.9 Å². The summed E-state index contributed by atoms with van der Waals surface area (Å²) < 4.78 is 0.658. The van der Waals surface area contributed by atoms with Gasteiger partial charge in [0.1, 0.15) is 5.15 Å². The summed E-state index contributed by atoms with van der Waals surface area (Å²) in [7, 11) is 0. The molecule has 0 radical (unpaired) electrons. The third-order valence-electron chi connectivity index (χ3n) is 2.38. The highest BCUT2D eigenvalue weighted by Crippen LogP contribution is 2.18. The molecule has 1 heterocycles. The Bertz CT molecular complexity index is 682. The molecule has 20 heavy (non-hydrogen) atoms. The number of nitrogens with zero attached hydrogens (tertiary/aromatic N) is 2. The van der Waals surface area contributed by atoms with Gasteiger partial charge in [-0.1, -0.05) is 11.6 Å². The SMILES string of the molecule is N#Cc1ccc(NNC(=O)c2cc(Br)cnc2Cl)cc1. The van der Waals surface area contributed by atoms with Crippen LogP contribution in [0.5, 0.6) is 0 Å². The van der Waals surface area contributed by atoms with Crippen molar-refractivity contribution in [2.75, 3.05) is 5.43 Å². The van der Waals surface area contributed by atoms with Gasteiger partial charge in [0, 0.05) is 10.7 Å². The van der Waals surface area contributed by atoms with Crippen molar-refractivity contribution in [1.82, 2.24) is 10.4 Å². The smallest absolute Gasteiger partial charge is 0.272 e. The maximum absolute atomic E-state index is 11.9. The average molecular weight is 352 g/mol. The Labute approximate surface area is 128 Å². The molecule has 0 aliphatic carbocycles. The first-order valence-electron chi connectivity index (χ1n) is 5.47. The van der Waals surface area contributed by atoms with Crippen molar-refractivity contribution in [3.8, 4) is 6.07 Å². The number of pyridine rings is 1. The van der Waals surface area contributed by atoms with Crippen LogP contribution < -0.4 is 10.9 Å². The van der Waals surface area contributed by atoms with Gasteiger partial charge in [-0.2, -0.15) is 5.26 Å². The number of anilines is 1. The molecule has 0 aliphatic heterocycles. The van der Waals surface area contributed by atoms with E-state index in [0.29, 0.717) is 15.7 Å². The van der Waals surface area contributed by atoms with E-state index in [1.807, 2.05) is 6.07 Å². The van der Waals surface area contributed by atoms with Crippen molar-refractivity contribution >= 4 is 39.1 Å². The molecule has 7 heteroatoms. The van der Waals surface area contributed by atoms with Gasteiger partial charge >= 0.3 is 0 Å². The number of nitrogens with one attached hydrogen (secondary N) is 2. The topological polar surface area (TPSA) is 77.8 Å². The first-order chi connectivity index (χ1) is 9.60. The highest BCUT2D eigenvalue weighted by Gasteiger charge is 2.11. The molecule has 0 aliphatic rings. The fourth-order valence-electron chi connectivity index (χ4n) is 1.41. The van der Waals surface area contributed by atoms with Crippen LogP contribution in [0, 0.1) is 11.3 Å². The summed E-state index contributed by atoms with van der Waals surface area (Å²) in [6, 6.07) is 10.2. The number of amides is 1. The second kappa shape index (κ2) is 6.37. The first-order valence-corrected chi connectivity index (χ1v) is 6.65. The summed E-state index contributed by atoms with van der Waals surface area (Å²) in [4.78, 5) is 15.8. The Morgan fingerprint density at radius 1 is 1.35 bits per heavy atom. The Morgan fingerprint density at radius 3 is 2.70 bits per heavy atom. The summed E-state index contributed by atoms with van der Waals surface area (Å²) in [6.45, 7) is 0. The molecule has 2 N–H and O–H groups in total. The monoisotopic (exact) mass is 350 g/mol. The second-order valence-corrected chi connectivity index (χ2v) is 5.03. The van der Waals surface area contributed by atoms with Crippen molar-refractivity contribution in [3.05, 3.63) is 57.3 Å². The first kappa shape index (κ1) is 14.3. The molecule has 5 nitrogen and oxygen atoms in total. The molecular weight excluding hydrogens is 344 g/mol. The maximum atomic E-state index is 11.9. The minimum Gasteiger partial charge on any atom is -0.298 e. The van der Waals surface area contributed by atoms with Crippen molar-refractivity contribution in [3.63, 3.8) is 0 Å². The average Bonchev–Trinajstić information content (AvgIpc) is 2.47. The molecule has 0 spiro atoms. The molecule has 100 valence electrons. The van der Waals surface area contributed by atoms with E-state index < -0.39 is 5.91 Å². The highest BCUT2D eigenvalue weighted by atomic mass is 79.9. The maximum Gasteiger partial charge on any atom is 0.272 e. The molecule has 0 atom stereocenters. The largest absolute Gasteiger partial charge is 0.298 e. The molecule has 0 saturated carbocycles. The van der Waals surface area contributed by atoms with E-state index in [4.69, 9.17) is 16.9 Å². The second-order valence-electron chi connectivity index (χ2n) is 3.76. The zero-order chi connectivity index (χ0) is 14.5. The van der Waals surface area contributed by atoms with Crippen LogP contribution in [0.2, 0.25) is 5.15 Å². The van der Waals surface area contributed by atoms with Crippen LogP contribution in [0.4, 0.5) is 5.69 Å². The van der Waals surface area contributed by atoms with E-state index in [1.165, 1.54) is 6.20 Å². The van der Waals surface area contributed by atoms with Crippen LogP contribution in [0.3, 0.4) is 0 Å². The number of hydrogen-bond acceptors (Lipinski definition) is 4. The van der Waals surface area contributed by atoms with Gasteiger partial charge in [0.15, 0.2) is 0 Å². The van der Waals surface area contributed by atoms with Gasteiger partial charge in [0.2, 0.25) is 0 Å². The summed E-state index contributed by atoms with van der Waals surface area (Å²) in [5.74, 6) is -0.409. The van der Waals surface area contributed by atoms with Crippen molar-refractivity contribution in [2.45, 2.75) is 0 Å². The third-order valence-corrected chi connectivity index (χ3v) is 3.12. The molecule has 1 amide bonds. The number of hydrogen-bond donors (Lipinski definition) is 2. The van der Waals surface area contributed by atoms with Crippen LogP contribution in [-0.2, 0) is 0 Å². The van der Waals surface area contributed by atoms with E-state index in [-0.39, 0.29) is 10.7 Å². The molecule has 2 rings (SSSR count). The van der Waals surface area contributed by atoms with Crippen LogP contribution in [0.15, 0.2) is 41.0 Å². The van der Waals surface area contributed by atoms with Gasteiger partial charge in [-0.3, -0.25) is 15.6 Å². The van der Waals surface area contributed by atoms with Gasteiger partial charge in [-0.25, -0.2) is 4.98 Å². The lowest BCUT2D eigenvalue weighted by molar-refractivity contribution is 0.0962. The van der Waals surface area contributed by atoms with E-state index in [0.717, 1.165) is 0 Å². The van der Waals surface area contributed by atoms with Gasteiger partial charge < -0.3 is 0 Å². The Morgan fingerprint density at radius 2 is 2.05 bits per heavy atom. The zero-order valence-electron chi connectivity index (χ0n) is 10.0. The number of halogens is 2. The van der Waals surface area contributed by atoms with Gasteiger partial charge in [-0.05, 0) is 46.3 Å². The number of carbonyl (C=O) groups is 1. The standard InChI is InChI=1S/C13H8BrClN4O/c14-9-5-11(12(15)17-7-9)13(20)19-18-10-3-1-8(6-16)2-4-10/h1-5,7,18H,(H,19,20). The van der Waals surface area contributed by atoms with E-state index in [9.17, 15) is 4.79 Å². The van der Waals surface area contributed by atoms with E-state index >= 15 is 0 Å². The summed E-state index contributed by atoms with van der Waals surface area (Å²) in [6.07, 6.45) is 1.51. The number of aromatic nitrogens is 1.